The lowest BCUT2D eigenvalue weighted by Gasteiger charge is -2.19. The van der Waals surface area contributed by atoms with E-state index in [1.165, 1.54) is 32.1 Å². The van der Waals surface area contributed by atoms with Crippen molar-refractivity contribution in [2.45, 2.75) is 38.5 Å². The number of rotatable bonds is 4. The number of aldehydes is 1. The summed E-state index contributed by atoms with van der Waals surface area (Å²) >= 11 is 0. The molecule has 0 spiro atoms. The van der Waals surface area contributed by atoms with Crippen molar-refractivity contribution in [3.63, 3.8) is 0 Å². The maximum atomic E-state index is 10.9. The lowest BCUT2D eigenvalue weighted by atomic mass is 9.87. The van der Waals surface area contributed by atoms with Gasteiger partial charge >= 0.3 is 0 Å². The first-order chi connectivity index (χ1) is 8.40. The molecule has 0 atom stereocenters. The third-order valence-electron chi connectivity index (χ3n) is 3.61. The molecule has 1 saturated carbocycles. The van der Waals surface area contributed by atoms with Crippen LogP contribution in [0, 0.1) is 5.92 Å². The van der Waals surface area contributed by atoms with Gasteiger partial charge in [0.2, 0.25) is 0 Å². The number of carbonyl (C=O) groups is 1. The van der Waals surface area contributed by atoms with Gasteiger partial charge in [0.15, 0.2) is 6.29 Å². The minimum absolute atomic E-state index is 0.785. The Morgan fingerprint density at radius 2 is 1.76 bits per heavy atom. The zero-order valence-electron chi connectivity index (χ0n) is 10.3. The minimum atomic E-state index is 0.785. The first-order valence-corrected chi connectivity index (χ1v) is 6.61. The van der Waals surface area contributed by atoms with Gasteiger partial charge in [-0.25, -0.2) is 0 Å². The van der Waals surface area contributed by atoms with Crippen molar-refractivity contribution in [3.8, 4) is 0 Å². The van der Waals surface area contributed by atoms with Gasteiger partial charge in [0.25, 0.3) is 0 Å². The molecule has 17 heavy (non-hydrogen) atoms. The van der Waals surface area contributed by atoms with E-state index in [1.807, 2.05) is 24.3 Å². The molecule has 0 bridgehead atoms. The van der Waals surface area contributed by atoms with E-state index in [9.17, 15) is 4.79 Å². The van der Waals surface area contributed by atoms with Gasteiger partial charge in [-0.15, -0.1) is 0 Å². The highest BCUT2D eigenvalue weighted by Crippen LogP contribution is 2.26. The summed E-state index contributed by atoms with van der Waals surface area (Å²) in [5, 5.41) is 0. The summed E-state index contributed by atoms with van der Waals surface area (Å²) in [6, 6.07) is 7.75. The molecule has 1 nitrogen and oxygen atoms in total. The fourth-order valence-corrected chi connectivity index (χ4v) is 2.58. The third kappa shape index (κ3) is 3.55. The second kappa shape index (κ2) is 6.39. The Labute approximate surface area is 104 Å². The fourth-order valence-electron chi connectivity index (χ4n) is 2.58. The number of hydrogen-bond acceptors (Lipinski definition) is 1. The van der Waals surface area contributed by atoms with Gasteiger partial charge in [-0.05, 0) is 17.9 Å². The van der Waals surface area contributed by atoms with Crippen molar-refractivity contribution < 1.29 is 4.79 Å². The number of hydrogen-bond donors (Lipinski definition) is 0. The van der Waals surface area contributed by atoms with Crippen molar-refractivity contribution in [2.75, 3.05) is 0 Å². The number of carbonyl (C=O) groups excluding carboxylic acids is 1. The van der Waals surface area contributed by atoms with Crippen LogP contribution in [0.15, 0.2) is 30.3 Å². The highest BCUT2D eigenvalue weighted by Gasteiger charge is 2.11. The zero-order chi connectivity index (χ0) is 11.9. The highest BCUT2D eigenvalue weighted by atomic mass is 16.1. The molecule has 0 saturated heterocycles. The van der Waals surface area contributed by atoms with E-state index in [0.29, 0.717) is 0 Å². The van der Waals surface area contributed by atoms with Crippen molar-refractivity contribution >= 4 is 12.4 Å². The Morgan fingerprint density at radius 3 is 2.47 bits per heavy atom. The molecule has 0 radical (unpaired) electrons. The molecule has 2 rings (SSSR count). The number of benzene rings is 1. The minimum Gasteiger partial charge on any atom is -0.298 e. The summed E-state index contributed by atoms with van der Waals surface area (Å²) in [5.74, 6) is 0.864. The molecular weight excluding hydrogens is 208 g/mol. The maximum Gasteiger partial charge on any atom is 0.150 e. The molecule has 1 aliphatic rings. The molecule has 1 aromatic rings. The zero-order valence-corrected chi connectivity index (χ0v) is 10.3. The quantitative estimate of drug-likeness (QED) is 0.694. The summed E-state index contributed by atoms with van der Waals surface area (Å²) < 4.78 is 0. The second-order valence-electron chi connectivity index (χ2n) is 4.89. The average molecular weight is 228 g/mol. The van der Waals surface area contributed by atoms with Gasteiger partial charge in [0.1, 0.15) is 0 Å². The topological polar surface area (TPSA) is 17.1 Å². The van der Waals surface area contributed by atoms with Crippen LogP contribution in [0.5, 0.6) is 0 Å². The Bertz CT molecular complexity index is 386. The van der Waals surface area contributed by atoms with Gasteiger partial charge in [0, 0.05) is 5.56 Å². The van der Waals surface area contributed by atoms with Gasteiger partial charge in [-0.3, -0.25) is 4.79 Å². The Kier molecular flexibility index (Phi) is 4.54. The first kappa shape index (κ1) is 12.1. The monoisotopic (exact) mass is 228 g/mol. The van der Waals surface area contributed by atoms with Crippen LogP contribution in [-0.4, -0.2) is 6.29 Å². The van der Waals surface area contributed by atoms with Crippen LogP contribution < -0.4 is 0 Å². The molecule has 1 aliphatic carbocycles. The molecule has 0 unspecified atom stereocenters. The molecule has 0 aliphatic heterocycles. The van der Waals surface area contributed by atoms with Crippen LogP contribution in [0.3, 0.4) is 0 Å². The van der Waals surface area contributed by atoms with E-state index >= 15 is 0 Å². The van der Waals surface area contributed by atoms with Crippen LogP contribution in [0.1, 0.15) is 54.4 Å². The summed E-state index contributed by atoms with van der Waals surface area (Å²) in [6.07, 6.45) is 13.4. The van der Waals surface area contributed by atoms with Gasteiger partial charge < -0.3 is 0 Å². The SMILES string of the molecule is O=Cc1ccccc1/C=C/CC1CCCCC1. The first-order valence-electron chi connectivity index (χ1n) is 6.61. The molecule has 1 heteroatoms. The Hall–Kier alpha value is -1.37. The van der Waals surface area contributed by atoms with Crippen LogP contribution in [0.25, 0.3) is 6.08 Å². The predicted octanol–water partition coefficient (Wildman–Crippen LogP) is 4.48. The summed E-state index contributed by atoms with van der Waals surface area (Å²) in [4.78, 5) is 10.9. The normalized spacial score (nSPS) is 17.4. The second-order valence-corrected chi connectivity index (χ2v) is 4.89. The van der Waals surface area contributed by atoms with Crippen molar-refractivity contribution in [1.29, 1.82) is 0 Å². The molecule has 0 N–H and O–H groups in total. The predicted molar refractivity (Wildman–Crippen MR) is 72.1 cm³/mol. The van der Waals surface area contributed by atoms with Crippen molar-refractivity contribution in [3.05, 3.63) is 41.5 Å². The summed E-state index contributed by atoms with van der Waals surface area (Å²) in [5.41, 5.74) is 1.82. The molecule has 1 fully saturated rings. The van der Waals surface area contributed by atoms with Crippen LogP contribution >= 0.6 is 0 Å². The van der Waals surface area contributed by atoms with Crippen LogP contribution in [0.2, 0.25) is 0 Å². The van der Waals surface area contributed by atoms with E-state index in [1.54, 1.807) is 0 Å². The molecular formula is C16H20O. The lowest BCUT2D eigenvalue weighted by molar-refractivity contribution is 0.112. The highest BCUT2D eigenvalue weighted by molar-refractivity contribution is 5.81. The standard InChI is InChI=1S/C16H20O/c17-13-16-11-5-4-10-15(16)12-6-9-14-7-2-1-3-8-14/h4-6,10-14H,1-3,7-9H2/b12-6+. The summed E-state index contributed by atoms with van der Waals surface area (Å²) in [7, 11) is 0. The average Bonchev–Trinajstić information content (AvgIpc) is 2.40. The van der Waals surface area contributed by atoms with Crippen LogP contribution in [-0.2, 0) is 0 Å². The number of allylic oxidation sites excluding steroid dienone is 1. The fraction of sp³-hybridized carbons (Fsp3) is 0.438. The van der Waals surface area contributed by atoms with Gasteiger partial charge in [-0.2, -0.15) is 0 Å². The largest absolute Gasteiger partial charge is 0.298 e. The van der Waals surface area contributed by atoms with E-state index in [2.05, 4.69) is 12.2 Å². The van der Waals surface area contributed by atoms with E-state index in [4.69, 9.17) is 0 Å². The van der Waals surface area contributed by atoms with E-state index < -0.39 is 0 Å². The van der Waals surface area contributed by atoms with Crippen molar-refractivity contribution in [1.82, 2.24) is 0 Å². The summed E-state index contributed by atoms with van der Waals surface area (Å²) in [6.45, 7) is 0. The molecule has 90 valence electrons. The lowest BCUT2D eigenvalue weighted by Crippen LogP contribution is -2.04. The van der Waals surface area contributed by atoms with E-state index in [0.717, 1.165) is 29.8 Å². The van der Waals surface area contributed by atoms with Crippen LogP contribution in [0.4, 0.5) is 0 Å². The molecule has 0 aromatic heterocycles. The molecule has 0 heterocycles. The maximum absolute atomic E-state index is 10.9. The van der Waals surface area contributed by atoms with Gasteiger partial charge in [-0.1, -0.05) is 68.5 Å². The van der Waals surface area contributed by atoms with Gasteiger partial charge in [0.05, 0.1) is 0 Å². The van der Waals surface area contributed by atoms with Crippen molar-refractivity contribution in [2.24, 2.45) is 5.92 Å². The molecule has 0 amide bonds. The smallest absolute Gasteiger partial charge is 0.150 e. The Morgan fingerprint density at radius 1 is 1.06 bits per heavy atom. The van der Waals surface area contributed by atoms with E-state index in [-0.39, 0.29) is 0 Å². The third-order valence-corrected chi connectivity index (χ3v) is 3.61. The molecule has 1 aromatic carbocycles. The Balaban J connectivity index is 1.92.